The lowest BCUT2D eigenvalue weighted by Crippen LogP contribution is -2.50. The highest BCUT2D eigenvalue weighted by Gasteiger charge is 2.63. The van der Waals surface area contributed by atoms with Crippen LogP contribution in [0.1, 0.15) is 37.8 Å². The lowest BCUT2D eigenvalue weighted by molar-refractivity contribution is -0.124. The highest BCUT2D eigenvalue weighted by Crippen LogP contribution is 2.53. The van der Waals surface area contributed by atoms with Crippen LogP contribution in [0.4, 0.5) is 8.78 Å². The first kappa shape index (κ1) is 34.9. The van der Waals surface area contributed by atoms with Gasteiger partial charge in [0.15, 0.2) is 0 Å². The van der Waals surface area contributed by atoms with Gasteiger partial charge in [0.05, 0.1) is 37.0 Å². The monoisotopic (exact) mass is 661 g/mol. The molecule has 242 valence electrons. The number of carbonyl (C=O) groups excluding carboxylic acids is 1. The van der Waals surface area contributed by atoms with Gasteiger partial charge in [-0.2, -0.15) is 5.26 Å². The van der Waals surface area contributed by atoms with Gasteiger partial charge in [-0.1, -0.05) is 67.4 Å². The minimum absolute atomic E-state index is 0.00873. The van der Waals surface area contributed by atoms with Gasteiger partial charge in [-0.05, 0) is 60.6 Å². The fourth-order valence-corrected chi connectivity index (χ4v) is 7.15. The SMILES string of the molecule is COc1ccc(CC(C)(C)CC2N[C@@H](C(=O)NCC[C@H](O)CO)[C@H](C3C=CC=C(Cl)C3F)[C@@]2(C#N)c2ccc(Cl)cc2F)cc1. The van der Waals surface area contributed by atoms with Gasteiger partial charge >= 0.3 is 0 Å². The number of ether oxygens (including phenoxy) is 1. The summed E-state index contributed by atoms with van der Waals surface area (Å²) in [7, 11) is 1.59. The highest BCUT2D eigenvalue weighted by molar-refractivity contribution is 6.30. The quantitative estimate of drug-likeness (QED) is 0.243. The predicted molar refractivity (Wildman–Crippen MR) is 170 cm³/mol. The number of hydrogen-bond acceptors (Lipinski definition) is 6. The second-order valence-corrected chi connectivity index (χ2v) is 13.4. The van der Waals surface area contributed by atoms with Crippen LogP contribution in [0, 0.1) is 34.4 Å². The fourth-order valence-electron chi connectivity index (χ4n) is 6.77. The molecule has 3 unspecified atom stereocenters. The number of alkyl halides is 1. The minimum Gasteiger partial charge on any atom is -0.497 e. The number of carbonyl (C=O) groups is 1. The van der Waals surface area contributed by atoms with Gasteiger partial charge in [0, 0.05) is 35.0 Å². The van der Waals surface area contributed by atoms with Crippen LogP contribution in [-0.4, -0.2) is 60.7 Å². The Balaban J connectivity index is 1.82. The Bertz CT molecular complexity index is 1460. The average Bonchev–Trinajstić information content (AvgIpc) is 3.32. The summed E-state index contributed by atoms with van der Waals surface area (Å²) >= 11 is 12.4. The summed E-state index contributed by atoms with van der Waals surface area (Å²) in [5.41, 5.74) is -1.18. The van der Waals surface area contributed by atoms with E-state index in [1.807, 2.05) is 38.1 Å². The number of rotatable bonds is 12. The molecule has 4 N–H and O–H groups in total. The summed E-state index contributed by atoms with van der Waals surface area (Å²) in [5, 5.41) is 36.3. The van der Waals surface area contributed by atoms with Crippen LogP contribution in [0.2, 0.25) is 5.02 Å². The lowest BCUT2D eigenvalue weighted by Gasteiger charge is -2.41. The Morgan fingerprint density at radius 2 is 1.96 bits per heavy atom. The maximum atomic E-state index is 16.0. The molecule has 0 radical (unpaired) electrons. The number of aliphatic hydroxyl groups excluding tert-OH is 2. The number of nitrogens with one attached hydrogen (secondary N) is 2. The van der Waals surface area contributed by atoms with E-state index < -0.39 is 65.4 Å². The normalized spacial score (nSPS) is 27.0. The highest BCUT2D eigenvalue weighted by atomic mass is 35.5. The molecular weight excluding hydrogens is 623 g/mol. The van der Waals surface area contributed by atoms with Crippen LogP contribution in [0.5, 0.6) is 5.75 Å². The fraction of sp³-hybridized carbons (Fsp3) is 0.471. The van der Waals surface area contributed by atoms with Gasteiger partial charge in [-0.25, -0.2) is 8.78 Å². The summed E-state index contributed by atoms with van der Waals surface area (Å²) in [6.07, 6.45) is 2.77. The molecule has 1 amide bonds. The van der Waals surface area contributed by atoms with E-state index in [0.29, 0.717) is 18.6 Å². The summed E-state index contributed by atoms with van der Waals surface area (Å²) in [5.74, 6) is -2.72. The first-order valence-electron chi connectivity index (χ1n) is 14.9. The third-order valence-electron chi connectivity index (χ3n) is 8.85. The molecule has 1 aliphatic heterocycles. The maximum absolute atomic E-state index is 16.0. The molecule has 2 aromatic rings. The van der Waals surface area contributed by atoms with E-state index in [9.17, 15) is 20.3 Å². The Labute approximate surface area is 272 Å². The summed E-state index contributed by atoms with van der Waals surface area (Å²) < 4.78 is 37.2. The number of nitrogens with zero attached hydrogens (tertiary/aromatic N) is 1. The van der Waals surface area contributed by atoms with Crippen molar-refractivity contribution in [1.82, 2.24) is 10.6 Å². The van der Waals surface area contributed by atoms with Crippen LogP contribution < -0.4 is 15.4 Å². The van der Waals surface area contributed by atoms with Crippen LogP contribution in [0.15, 0.2) is 65.7 Å². The Kier molecular flexibility index (Phi) is 11.3. The van der Waals surface area contributed by atoms with Crippen molar-refractivity contribution in [2.45, 2.75) is 62.9 Å². The Hall–Kier alpha value is -3.00. The summed E-state index contributed by atoms with van der Waals surface area (Å²) in [6, 6.07) is 12.1. The Morgan fingerprint density at radius 3 is 2.58 bits per heavy atom. The van der Waals surface area contributed by atoms with Crippen LogP contribution in [0.25, 0.3) is 0 Å². The molecule has 4 rings (SSSR count). The zero-order valence-electron chi connectivity index (χ0n) is 25.4. The van der Waals surface area contributed by atoms with Crippen molar-refractivity contribution in [2.75, 3.05) is 20.3 Å². The standard InChI is InChI=1S/C34H39Cl2F2N3O4/c1-33(2,16-20-7-10-23(45-3)11-8-20)17-28-34(19-39,25-12-9-21(35)15-27(25)37)29(24-5-4-6-26(36)30(24)38)31(41-28)32(44)40-14-13-22(43)18-42/h4-12,15,22,24,28-31,41-43H,13-14,16-18H2,1-3H3,(H,40,44)/t22-,24?,28?,29-,30?,31+,34-/m0/s1. The van der Waals surface area contributed by atoms with E-state index in [-0.39, 0.29) is 28.6 Å². The van der Waals surface area contributed by atoms with Gasteiger partial charge in [0.25, 0.3) is 0 Å². The number of hydrogen-bond donors (Lipinski definition) is 4. The van der Waals surface area contributed by atoms with Gasteiger partial charge in [0.2, 0.25) is 5.91 Å². The zero-order valence-corrected chi connectivity index (χ0v) is 27.0. The van der Waals surface area contributed by atoms with Crippen molar-refractivity contribution in [1.29, 1.82) is 5.26 Å². The second-order valence-electron chi connectivity index (χ2n) is 12.6. The van der Waals surface area contributed by atoms with Crippen molar-refractivity contribution >= 4 is 29.1 Å². The third kappa shape index (κ3) is 7.53. The molecule has 2 aliphatic rings. The van der Waals surface area contributed by atoms with Gasteiger partial charge in [-0.15, -0.1) is 0 Å². The molecule has 1 fully saturated rings. The predicted octanol–water partition coefficient (Wildman–Crippen LogP) is 5.37. The molecule has 7 atom stereocenters. The van der Waals surface area contributed by atoms with E-state index in [1.165, 1.54) is 18.2 Å². The molecule has 0 bridgehead atoms. The molecular formula is C34H39Cl2F2N3O4. The molecule has 0 saturated carbocycles. The third-order valence-corrected chi connectivity index (χ3v) is 9.42. The first-order valence-corrected chi connectivity index (χ1v) is 15.6. The molecule has 11 heteroatoms. The van der Waals surface area contributed by atoms with Gasteiger partial charge < -0.3 is 25.6 Å². The zero-order chi connectivity index (χ0) is 32.9. The van der Waals surface area contributed by atoms with Crippen molar-refractivity contribution in [3.05, 3.63) is 87.7 Å². The number of amides is 1. The smallest absolute Gasteiger partial charge is 0.237 e. The van der Waals surface area contributed by atoms with E-state index in [4.69, 9.17) is 27.9 Å². The van der Waals surface area contributed by atoms with E-state index in [1.54, 1.807) is 19.3 Å². The molecule has 7 nitrogen and oxygen atoms in total. The minimum atomic E-state index is -1.75. The van der Waals surface area contributed by atoms with E-state index >= 15 is 8.78 Å². The number of aliphatic hydroxyl groups is 2. The lowest BCUT2D eigenvalue weighted by atomic mass is 9.59. The molecule has 1 saturated heterocycles. The van der Waals surface area contributed by atoms with Crippen LogP contribution >= 0.6 is 23.2 Å². The number of allylic oxidation sites excluding steroid dienone is 4. The number of benzene rings is 2. The topological polar surface area (TPSA) is 115 Å². The summed E-state index contributed by atoms with van der Waals surface area (Å²) in [4.78, 5) is 13.8. The Morgan fingerprint density at radius 1 is 1.24 bits per heavy atom. The number of halogens is 4. The molecule has 0 aromatic heterocycles. The average molecular weight is 663 g/mol. The molecule has 1 heterocycles. The molecule has 1 aliphatic carbocycles. The second kappa shape index (κ2) is 14.6. The van der Waals surface area contributed by atoms with Crippen LogP contribution in [0.3, 0.4) is 0 Å². The van der Waals surface area contributed by atoms with Crippen LogP contribution in [-0.2, 0) is 16.6 Å². The molecule has 45 heavy (non-hydrogen) atoms. The van der Waals surface area contributed by atoms with Crippen molar-refractivity contribution in [3.63, 3.8) is 0 Å². The number of nitriles is 1. The van der Waals surface area contributed by atoms with E-state index in [0.717, 1.165) is 11.6 Å². The molecule has 2 aromatic carbocycles. The summed E-state index contributed by atoms with van der Waals surface area (Å²) in [6.45, 7) is 3.60. The number of methoxy groups -OCH3 is 1. The first-order chi connectivity index (χ1) is 21.4. The van der Waals surface area contributed by atoms with Crippen molar-refractivity contribution in [2.24, 2.45) is 17.3 Å². The molecule has 0 spiro atoms. The maximum Gasteiger partial charge on any atom is 0.237 e. The largest absolute Gasteiger partial charge is 0.497 e. The van der Waals surface area contributed by atoms with Gasteiger partial charge in [0.1, 0.15) is 23.2 Å². The van der Waals surface area contributed by atoms with E-state index in [2.05, 4.69) is 16.7 Å². The van der Waals surface area contributed by atoms with Crippen molar-refractivity contribution < 1.29 is 28.5 Å². The van der Waals surface area contributed by atoms with Gasteiger partial charge in [-0.3, -0.25) is 4.79 Å². The van der Waals surface area contributed by atoms with Crippen molar-refractivity contribution in [3.8, 4) is 11.8 Å².